The van der Waals surface area contributed by atoms with E-state index in [2.05, 4.69) is 10.6 Å². The second-order valence-electron chi connectivity index (χ2n) is 4.89. The van der Waals surface area contributed by atoms with Crippen LogP contribution in [-0.4, -0.2) is 39.3 Å². The van der Waals surface area contributed by atoms with Gasteiger partial charge in [-0.3, -0.25) is 4.79 Å². The van der Waals surface area contributed by atoms with Gasteiger partial charge in [0, 0.05) is 37.2 Å². The first-order valence-corrected chi connectivity index (χ1v) is 8.40. The van der Waals surface area contributed by atoms with Crippen LogP contribution in [0.2, 0.25) is 0 Å². The minimum absolute atomic E-state index is 0.0971. The van der Waals surface area contributed by atoms with Crippen molar-refractivity contribution in [2.45, 2.75) is 6.61 Å². The van der Waals surface area contributed by atoms with E-state index in [4.69, 9.17) is 9.47 Å². The summed E-state index contributed by atoms with van der Waals surface area (Å²) in [5.74, 6) is 0.601. The van der Waals surface area contributed by atoms with Crippen LogP contribution in [-0.2, 0) is 11.3 Å². The maximum Gasteiger partial charge on any atom is 0.251 e. The number of methoxy groups -OCH3 is 1. The number of carbonyl (C=O) groups is 1. The lowest BCUT2D eigenvalue weighted by atomic mass is 10.2. The highest BCUT2D eigenvalue weighted by Crippen LogP contribution is 2.17. The fraction of sp³-hybridized carbons (Fsp3) is 0.353. The predicted molar refractivity (Wildman–Crippen MR) is 92.2 cm³/mol. The summed E-state index contributed by atoms with van der Waals surface area (Å²) in [6.07, 6.45) is 0. The van der Waals surface area contributed by atoms with Crippen molar-refractivity contribution in [3.8, 4) is 5.75 Å². The number of hydrogen-bond donors (Lipinski definition) is 2. The molecular weight excluding hydrogens is 312 g/mol. The molecule has 0 aliphatic carbocycles. The lowest BCUT2D eigenvalue weighted by molar-refractivity contribution is 0.0953. The number of nitrogens with one attached hydrogen (secondary N) is 2. The van der Waals surface area contributed by atoms with E-state index in [1.807, 2.05) is 29.6 Å². The molecule has 23 heavy (non-hydrogen) atoms. The Morgan fingerprint density at radius 1 is 1.17 bits per heavy atom. The maximum atomic E-state index is 12.1. The molecule has 2 N–H and O–H groups in total. The largest absolute Gasteiger partial charge is 0.488 e. The van der Waals surface area contributed by atoms with Gasteiger partial charge in [-0.15, -0.1) is 11.3 Å². The molecule has 0 bridgehead atoms. The van der Waals surface area contributed by atoms with Crippen LogP contribution in [0, 0.1) is 0 Å². The number of amides is 1. The van der Waals surface area contributed by atoms with Crippen LogP contribution in [0.25, 0.3) is 0 Å². The molecule has 0 spiro atoms. The van der Waals surface area contributed by atoms with E-state index < -0.39 is 0 Å². The number of thiophene rings is 1. The Hall–Kier alpha value is -1.89. The zero-order valence-corrected chi connectivity index (χ0v) is 14.0. The summed E-state index contributed by atoms with van der Waals surface area (Å²) < 4.78 is 10.7. The number of hydrogen-bond acceptors (Lipinski definition) is 5. The van der Waals surface area contributed by atoms with E-state index in [1.54, 1.807) is 30.6 Å². The molecule has 5 nitrogen and oxygen atoms in total. The number of carbonyl (C=O) groups excluding carboxylic acids is 1. The lowest BCUT2D eigenvalue weighted by Crippen LogP contribution is -2.33. The van der Waals surface area contributed by atoms with Crippen molar-refractivity contribution < 1.29 is 14.3 Å². The number of benzene rings is 1. The second kappa shape index (κ2) is 9.99. The molecule has 0 aliphatic heterocycles. The lowest BCUT2D eigenvalue weighted by Gasteiger charge is -2.09. The first-order chi connectivity index (χ1) is 11.3. The van der Waals surface area contributed by atoms with Crippen LogP contribution in [0.15, 0.2) is 41.8 Å². The third kappa shape index (κ3) is 6.40. The van der Waals surface area contributed by atoms with Gasteiger partial charge in [0.1, 0.15) is 12.4 Å². The third-order valence-corrected chi connectivity index (χ3v) is 3.98. The molecule has 1 heterocycles. The van der Waals surface area contributed by atoms with Crippen LogP contribution >= 0.6 is 11.3 Å². The standard InChI is InChI=1S/C17H22N2O3S/c1-21-10-9-18-7-8-19-17(20)14-4-2-5-15(12-14)22-13-16-6-3-11-23-16/h2-6,11-12,18H,7-10,13H2,1H3,(H,19,20). The van der Waals surface area contributed by atoms with Gasteiger partial charge in [0.15, 0.2) is 0 Å². The van der Waals surface area contributed by atoms with Gasteiger partial charge < -0.3 is 20.1 Å². The van der Waals surface area contributed by atoms with Gasteiger partial charge in [-0.1, -0.05) is 12.1 Å². The SMILES string of the molecule is COCCNCCNC(=O)c1cccc(OCc2cccs2)c1. The molecule has 124 valence electrons. The van der Waals surface area contributed by atoms with Crippen molar-refractivity contribution in [1.82, 2.24) is 10.6 Å². The minimum atomic E-state index is -0.0971. The van der Waals surface area contributed by atoms with E-state index in [1.165, 1.54) is 0 Å². The number of ether oxygens (including phenoxy) is 2. The summed E-state index contributed by atoms with van der Waals surface area (Å²) in [4.78, 5) is 13.3. The van der Waals surface area contributed by atoms with E-state index in [0.717, 1.165) is 11.4 Å². The minimum Gasteiger partial charge on any atom is -0.488 e. The average molecular weight is 334 g/mol. The maximum absolute atomic E-state index is 12.1. The Balaban J connectivity index is 1.75. The van der Waals surface area contributed by atoms with Gasteiger partial charge in [-0.2, -0.15) is 0 Å². The van der Waals surface area contributed by atoms with Crippen molar-refractivity contribution in [1.29, 1.82) is 0 Å². The van der Waals surface area contributed by atoms with Crippen molar-refractivity contribution in [2.24, 2.45) is 0 Å². The van der Waals surface area contributed by atoms with E-state index in [0.29, 0.717) is 37.6 Å². The van der Waals surface area contributed by atoms with E-state index >= 15 is 0 Å². The monoisotopic (exact) mass is 334 g/mol. The van der Waals surface area contributed by atoms with Crippen LogP contribution in [0.1, 0.15) is 15.2 Å². The van der Waals surface area contributed by atoms with Crippen molar-refractivity contribution >= 4 is 17.2 Å². The van der Waals surface area contributed by atoms with Gasteiger partial charge in [0.2, 0.25) is 0 Å². The topological polar surface area (TPSA) is 59.6 Å². The van der Waals surface area contributed by atoms with Gasteiger partial charge in [0.05, 0.1) is 6.61 Å². The first-order valence-electron chi connectivity index (χ1n) is 7.52. The molecule has 0 unspecified atom stereocenters. The molecule has 0 radical (unpaired) electrons. The Morgan fingerprint density at radius 2 is 2.09 bits per heavy atom. The van der Waals surface area contributed by atoms with E-state index in [9.17, 15) is 4.79 Å². The van der Waals surface area contributed by atoms with Gasteiger partial charge in [0.25, 0.3) is 5.91 Å². The molecule has 0 saturated carbocycles. The summed E-state index contributed by atoms with van der Waals surface area (Å²) in [6.45, 7) is 3.24. The van der Waals surface area contributed by atoms with Crippen molar-refractivity contribution in [3.63, 3.8) is 0 Å². The van der Waals surface area contributed by atoms with Crippen LogP contribution < -0.4 is 15.4 Å². The molecule has 2 aromatic rings. The molecule has 1 aromatic heterocycles. The summed E-state index contributed by atoms with van der Waals surface area (Å²) in [5, 5.41) is 8.07. The molecule has 0 saturated heterocycles. The molecule has 0 aliphatic rings. The van der Waals surface area contributed by atoms with Crippen LogP contribution in [0.3, 0.4) is 0 Å². The third-order valence-electron chi connectivity index (χ3n) is 3.13. The second-order valence-corrected chi connectivity index (χ2v) is 5.93. The summed E-state index contributed by atoms with van der Waals surface area (Å²) in [6, 6.07) is 11.3. The smallest absolute Gasteiger partial charge is 0.251 e. The summed E-state index contributed by atoms with van der Waals surface area (Å²) in [5.41, 5.74) is 0.602. The Bertz CT molecular complexity index is 587. The summed E-state index contributed by atoms with van der Waals surface area (Å²) in [7, 11) is 1.66. The molecular formula is C17H22N2O3S. The fourth-order valence-corrected chi connectivity index (χ4v) is 2.56. The Kier molecular flexibility index (Phi) is 7.59. The average Bonchev–Trinajstić information content (AvgIpc) is 3.10. The van der Waals surface area contributed by atoms with Crippen LogP contribution in [0.5, 0.6) is 5.75 Å². The first kappa shape index (κ1) is 17.5. The quantitative estimate of drug-likeness (QED) is 0.655. The van der Waals surface area contributed by atoms with Crippen molar-refractivity contribution in [3.05, 3.63) is 52.2 Å². The van der Waals surface area contributed by atoms with Gasteiger partial charge >= 0.3 is 0 Å². The Morgan fingerprint density at radius 3 is 2.87 bits per heavy atom. The fourth-order valence-electron chi connectivity index (χ4n) is 1.94. The van der Waals surface area contributed by atoms with Gasteiger partial charge in [-0.25, -0.2) is 0 Å². The van der Waals surface area contributed by atoms with Crippen molar-refractivity contribution in [2.75, 3.05) is 33.4 Å². The highest BCUT2D eigenvalue weighted by atomic mass is 32.1. The number of rotatable bonds is 10. The Labute approximate surface area is 140 Å². The van der Waals surface area contributed by atoms with E-state index in [-0.39, 0.29) is 5.91 Å². The van der Waals surface area contributed by atoms with Gasteiger partial charge in [-0.05, 0) is 29.6 Å². The molecule has 1 amide bonds. The zero-order chi connectivity index (χ0) is 16.3. The predicted octanol–water partition coefficient (Wildman–Crippen LogP) is 2.29. The summed E-state index contributed by atoms with van der Waals surface area (Å²) >= 11 is 1.65. The molecule has 1 aromatic carbocycles. The molecule has 0 fully saturated rings. The molecule has 0 atom stereocenters. The highest BCUT2D eigenvalue weighted by Gasteiger charge is 2.06. The zero-order valence-electron chi connectivity index (χ0n) is 13.2. The molecule has 6 heteroatoms. The highest BCUT2D eigenvalue weighted by molar-refractivity contribution is 7.09. The molecule has 2 rings (SSSR count). The normalized spacial score (nSPS) is 10.5. The van der Waals surface area contributed by atoms with Crippen LogP contribution in [0.4, 0.5) is 0 Å².